The molecule has 0 aliphatic rings. The van der Waals surface area contributed by atoms with E-state index in [0.717, 1.165) is 12.1 Å². The molecule has 2 aromatic rings. The maximum Gasteiger partial charge on any atom is 0.226 e. The third-order valence-corrected chi connectivity index (χ3v) is 2.44. The lowest BCUT2D eigenvalue weighted by molar-refractivity contribution is 0.375. The molecule has 0 bridgehead atoms. The van der Waals surface area contributed by atoms with Crippen LogP contribution in [0.3, 0.4) is 0 Å². The Bertz CT molecular complexity index is 397. The van der Waals surface area contributed by atoms with Crippen LogP contribution < -0.4 is 5.73 Å². The predicted molar refractivity (Wildman–Crippen MR) is 51.8 cm³/mol. The maximum absolute atomic E-state index is 5.89. The largest absolute Gasteiger partial charge is 0.339 e. The number of rotatable bonds is 3. The van der Waals surface area contributed by atoms with Gasteiger partial charge in [0.05, 0.1) is 11.2 Å². The van der Waals surface area contributed by atoms with E-state index in [9.17, 15) is 0 Å². The van der Waals surface area contributed by atoms with Gasteiger partial charge in [-0.2, -0.15) is 4.98 Å². The van der Waals surface area contributed by atoms with Gasteiger partial charge in [0.1, 0.15) is 6.04 Å². The van der Waals surface area contributed by atoms with Crippen molar-refractivity contribution in [2.45, 2.75) is 19.4 Å². The molecule has 1 unspecified atom stereocenters. The van der Waals surface area contributed by atoms with E-state index in [-0.39, 0.29) is 6.04 Å². The summed E-state index contributed by atoms with van der Waals surface area (Å²) in [4.78, 5) is 8.25. The Labute approximate surface area is 85.0 Å². The first-order valence-corrected chi connectivity index (χ1v) is 5.21. The van der Waals surface area contributed by atoms with Crippen LogP contribution in [0.5, 0.6) is 0 Å². The molecule has 2 heterocycles. The lowest BCUT2D eigenvalue weighted by Gasteiger charge is -2.00. The molecule has 74 valence electrons. The van der Waals surface area contributed by atoms with Crippen molar-refractivity contribution in [1.82, 2.24) is 15.1 Å². The molecule has 1 atom stereocenters. The molecule has 2 aromatic heterocycles. The van der Waals surface area contributed by atoms with E-state index in [2.05, 4.69) is 15.1 Å². The summed E-state index contributed by atoms with van der Waals surface area (Å²) in [5, 5.41) is 5.68. The summed E-state index contributed by atoms with van der Waals surface area (Å²) in [7, 11) is 0. The van der Waals surface area contributed by atoms with Gasteiger partial charge in [-0.25, -0.2) is 4.98 Å². The van der Waals surface area contributed by atoms with Gasteiger partial charge in [-0.05, 0) is 0 Å². The summed E-state index contributed by atoms with van der Waals surface area (Å²) >= 11 is 1.50. The normalized spacial score (nSPS) is 13.0. The molecule has 0 spiro atoms. The van der Waals surface area contributed by atoms with E-state index in [4.69, 9.17) is 10.3 Å². The zero-order valence-electron chi connectivity index (χ0n) is 7.67. The standard InChI is InChI=1S/C8H10N4OS/c1-2-6-11-8(12-13-6)7(9)5-3-14-4-10-5/h3-4,7H,2,9H2,1H3. The molecule has 0 fully saturated rings. The Morgan fingerprint density at radius 1 is 1.64 bits per heavy atom. The fraction of sp³-hybridized carbons (Fsp3) is 0.375. The lowest BCUT2D eigenvalue weighted by Crippen LogP contribution is -2.13. The SMILES string of the molecule is CCc1nc(C(N)c2cscn2)no1. The van der Waals surface area contributed by atoms with Gasteiger partial charge in [0.2, 0.25) is 5.89 Å². The van der Waals surface area contributed by atoms with Crippen LogP contribution in [-0.4, -0.2) is 15.1 Å². The first-order chi connectivity index (χ1) is 6.81. The quantitative estimate of drug-likeness (QED) is 0.821. The molecule has 0 aliphatic heterocycles. The molecular formula is C8H10N4OS. The van der Waals surface area contributed by atoms with Crippen LogP contribution in [0, 0.1) is 0 Å². The van der Waals surface area contributed by atoms with Crippen molar-refractivity contribution in [2.24, 2.45) is 5.73 Å². The highest BCUT2D eigenvalue weighted by atomic mass is 32.1. The molecular weight excluding hydrogens is 200 g/mol. The Hall–Kier alpha value is -1.27. The zero-order chi connectivity index (χ0) is 9.97. The summed E-state index contributed by atoms with van der Waals surface area (Å²) in [6.45, 7) is 1.95. The van der Waals surface area contributed by atoms with Crippen LogP contribution in [0.4, 0.5) is 0 Å². The van der Waals surface area contributed by atoms with Gasteiger partial charge in [-0.3, -0.25) is 0 Å². The molecule has 0 aliphatic carbocycles. The van der Waals surface area contributed by atoms with E-state index in [0.29, 0.717) is 11.7 Å². The number of hydrogen-bond acceptors (Lipinski definition) is 6. The second-order valence-corrected chi connectivity index (χ2v) is 3.51. The molecule has 2 N–H and O–H groups in total. The Balaban J connectivity index is 2.23. The molecule has 0 aromatic carbocycles. The van der Waals surface area contributed by atoms with Gasteiger partial charge in [0.25, 0.3) is 0 Å². The van der Waals surface area contributed by atoms with Gasteiger partial charge in [-0.15, -0.1) is 11.3 Å². The average molecular weight is 210 g/mol. The number of nitrogens with two attached hydrogens (primary N) is 1. The van der Waals surface area contributed by atoms with Crippen molar-refractivity contribution in [3.63, 3.8) is 0 Å². The fourth-order valence-corrected chi connectivity index (χ4v) is 1.64. The molecule has 0 amide bonds. The van der Waals surface area contributed by atoms with Crippen molar-refractivity contribution < 1.29 is 4.52 Å². The summed E-state index contributed by atoms with van der Waals surface area (Å²) in [5.41, 5.74) is 8.40. The highest BCUT2D eigenvalue weighted by Gasteiger charge is 2.16. The van der Waals surface area contributed by atoms with Crippen LogP contribution in [-0.2, 0) is 6.42 Å². The number of thiazole rings is 1. The Morgan fingerprint density at radius 2 is 2.50 bits per heavy atom. The molecule has 0 saturated carbocycles. The highest BCUT2D eigenvalue weighted by Crippen LogP contribution is 2.16. The van der Waals surface area contributed by atoms with Crippen molar-refractivity contribution in [1.29, 1.82) is 0 Å². The van der Waals surface area contributed by atoms with E-state index in [1.807, 2.05) is 12.3 Å². The first-order valence-electron chi connectivity index (χ1n) is 4.27. The third kappa shape index (κ3) is 1.66. The van der Waals surface area contributed by atoms with Gasteiger partial charge in [-0.1, -0.05) is 12.1 Å². The molecule has 2 rings (SSSR count). The summed E-state index contributed by atoms with van der Waals surface area (Å²) in [6.07, 6.45) is 0.719. The summed E-state index contributed by atoms with van der Waals surface area (Å²) in [6, 6.07) is -0.384. The van der Waals surface area contributed by atoms with E-state index in [1.165, 1.54) is 11.3 Å². The average Bonchev–Trinajstić information content (AvgIpc) is 2.88. The topological polar surface area (TPSA) is 77.8 Å². The van der Waals surface area contributed by atoms with E-state index in [1.54, 1.807) is 5.51 Å². The highest BCUT2D eigenvalue weighted by molar-refractivity contribution is 7.07. The van der Waals surface area contributed by atoms with Crippen LogP contribution >= 0.6 is 11.3 Å². The van der Waals surface area contributed by atoms with Crippen LogP contribution in [0.25, 0.3) is 0 Å². The number of hydrogen-bond donors (Lipinski definition) is 1. The predicted octanol–water partition coefficient (Wildman–Crippen LogP) is 1.14. The third-order valence-electron chi connectivity index (χ3n) is 1.83. The Morgan fingerprint density at radius 3 is 3.07 bits per heavy atom. The minimum Gasteiger partial charge on any atom is -0.339 e. The van der Waals surface area contributed by atoms with E-state index < -0.39 is 0 Å². The maximum atomic E-state index is 5.89. The second kappa shape index (κ2) is 3.85. The summed E-state index contributed by atoms with van der Waals surface area (Å²) in [5.74, 6) is 1.10. The molecule has 6 heteroatoms. The number of nitrogens with zero attached hydrogens (tertiary/aromatic N) is 3. The molecule has 5 nitrogen and oxygen atoms in total. The minimum absolute atomic E-state index is 0.384. The Kier molecular flexibility index (Phi) is 2.55. The molecule has 0 radical (unpaired) electrons. The van der Waals surface area contributed by atoms with Crippen molar-refractivity contribution >= 4 is 11.3 Å². The molecule has 14 heavy (non-hydrogen) atoms. The number of aromatic nitrogens is 3. The number of aryl methyl sites for hydroxylation is 1. The van der Waals surface area contributed by atoms with Crippen LogP contribution in [0.1, 0.15) is 30.4 Å². The van der Waals surface area contributed by atoms with Crippen molar-refractivity contribution in [3.05, 3.63) is 28.3 Å². The minimum atomic E-state index is -0.384. The van der Waals surface area contributed by atoms with Gasteiger partial charge in [0.15, 0.2) is 5.82 Å². The molecule has 0 saturated heterocycles. The van der Waals surface area contributed by atoms with Gasteiger partial charge in [0, 0.05) is 11.8 Å². The smallest absolute Gasteiger partial charge is 0.226 e. The fourth-order valence-electron chi connectivity index (χ4n) is 1.05. The van der Waals surface area contributed by atoms with E-state index >= 15 is 0 Å². The monoisotopic (exact) mass is 210 g/mol. The van der Waals surface area contributed by atoms with Crippen molar-refractivity contribution in [3.8, 4) is 0 Å². The summed E-state index contributed by atoms with van der Waals surface area (Å²) < 4.78 is 4.97. The first kappa shape index (κ1) is 9.29. The van der Waals surface area contributed by atoms with Crippen LogP contribution in [0.15, 0.2) is 15.4 Å². The second-order valence-electron chi connectivity index (χ2n) is 2.79. The van der Waals surface area contributed by atoms with Gasteiger partial charge < -0.3 is 10.3 Å². The van der Waals surface area contributed by atoms with Crippen molar-refractivity contribution in [2.75, 3.05) is 0 Å². The van der Waals surface area contributed by atoms with Crippen LogP contribution in [0.2, 0.25) is 0 Å². The zero-order valence-corrected chi connectivity index (χ0v) is 8.49. The lowest BCUT2D eigenvalue weighted by atomic mass is 10.2. The van der Waals surface area contributed by atoms with Gasteiger partial charge >= 0.3 is 0 Å².